The number of rotatable bonds is 6. The number of carbonyl (C=O) groups excluding carboxylic acids is 3. The molecule has 0 radical (unpaired) electrons. The van der Waals surface area contributed by atoms with Gasteiger partial charge in [0, 0.05) is 6.04 Å². The number of hydrogen-bond donors (Lipinski definition) is 2. The van der Waals surface area contributed by atoms with E-state index in [4.69, 9.17) is 9.47 Å². The predicted molar refractivity (Wildman–Crippen MR) is 98.5 cm³/mol. The van der Waals surface area contributed by atoms with Crippen molar-refractivity contribution in [3.8, 4) is 5.75 Å². The highest BCUT2D eigenvalue weighted by Gasteiger charge is 2.18. The Balaban J connectivity index is 1.32. The third-order valence-corrected chi connectivity index (χ3v) is 4.98. The first-order valence-electron chi connectivity index (χ1n) is 9.61. The van der Waals surface area contributed by atoms with E-state index in [9.17, 15) is 14.4 Å². The Hall–Kier alpha value is -2.57. The van der Waals surface area contributed by atoms with Crippen LogP contribution >= 0.6 is 0 Å². The molecule has 1 aromatic carbocycles. The Morgan fingerprint density at radius 1 is 0.963 bits per heavy atom. The summed E-state index contributed by atoms with van der Waals surface area (Å²) in [7, 11) is 0. The normalized spacial score (nSPS) is 16.3. The number of fused-ring (bicyclic) bond motifs is 1. The lowest BCUT2D eigenvalue weighted by Gasteiger charge is -2.22. The monoisotopic (exact) mass is 374 g/mol. The van der Waals surface area contributed by atoms with E-state index < -0.39 is 24.5 Å². The van der Waals surface area contributed by atoms with E-state index in [-0.39, 0.29) is 12.6 Å². The van der Waals surface area contributed by atoms with Crippen LogP contribution in [0.15, 0.2) is 18.2 Å². The van der Waals surface area contributed by atoms with Gasteiger partial charge in [-0.3, -0.25) is 10.1 Å². The molecule has 0 aliphatic heterocycles. The van der Waals surface area contributed by atoms with Crippen LogP contribution in [0.3, 0.4) is 0 Å². The molecule has 146 valence electrons. The highest BCUT2D eigenvalue weighted by molar-refractivity contribution is 5.95. The minimum absolute atomic E-state index is 0.106. The maximum atomic E-state index is 11.8. The van der Waals surface area contributed by atoms with Gasteiger partial charge in [0.1, 0.15) is 5.75 Å². The molecule has 3 rings (SSSR count). The summed E-state index contributed by atoms with van der Waals surface area (Å²) in [6.45, 7) is -0.787. The number of ether oxygens (including phenoxy) is 2. The van der Waals surface area contributed by atoms with Gasteiger partial charge >= 0.3 is 12.0 Å². The Kier molecular flexibility index (Phi) is 6.68. The van der Waals surface area contributed by atoms with Gasteiger partial charge in [0.25, 0.3) is 5.91 Å². The minimum atomic E-state index is -0.658. The van der Waals surface area contributed by atoms with Gasteiger partial charge in [0.05, 0.1) is 0 Å². The van der Waals surface area contributed by atoms with Crippen LogP contribution in [0, 0.1) is 0 Å². The molecule has 1 aromatic rings. The lowest BCUT2D eigenvalue weighted by Crippen LogP contribution is -2.46. The maximum Gasteiger partial charge on any atom is 0.344 e. The average Bonchev–Trinajstić information content (AvgIpc) is 3.13. The molecule has 3 amide bonds. The first-order chi connectivity index (χ1) is 13.1. The Bertz CT molecular complexity index is 698. The summed E-state index contributed by atoms with van der Waals surface area (Å²) in [6.07, 6.45) is 8.46. The third-order valence-electron chi connectivity index (χ3n) is 4.98. The number of nitrogens with one attached hydrogen (secondary N) is 2. The summed E-state index contributed by atoms with van der Waals surface area (Å²) < 4.78 is 10.3. The van der Waals surface area contributed by atoms with Gasteiger partial charge in [-0.1, -0.05) is 25.3 Å². The number of urea groups is 1. The van der Waals surface area contributed by atoms with E-state index in [1.807, 2.05) is 18.2 Å². The van der Waals surface area contributed by atoms with Crippen molar-refractivity contribution in [3.63, 3.8) is 0 Å². The van der Waals surface area contributed by atoms with E-state index in [0.29, 0.717) is 5.75 Å². The quantitative estimate of drug-likeness (QED) is 0.745. The highest BCUT2D eigenvalue weighted by Crippen LogP contribution is 2.25. The molecule has 7 nitrogen and oxygen atoms in total. The topological polar surface area (TPSA) is 93.7 Å². The summed E-state index contributed by atoms with van der Waals surface area (Å²) in [5, 5.41) is 4.95. The van der Waals surface area contributed by atoms with Gasteiger partial charge in [0.2, 0.25) is 0 Å². The van der Waals surface area contributed by atoms with Crippen molar-refractivity contribution in [1.82, 2.24) is 10.6 Å². The summed E-state index contributed by atoms with van der Waals surface area (Å²) in [4.78, 5) is 35.2. The molecule has 2 aliphatic rings. The van der Waals surface area contributed by atoms with Gasteiger partial charge < -0.3 is 14.8 Å². The second-order valence-corrected chi connectivity index (χ2v) is 7.09. The molecule has 1 saturated carbocycles. The zero-order valence-corrected chi connectivity index (χ0v) is 15.4. The lowest BCUT2D eigenvalue weighted by atomic mass is 9.96. The molecule has 0 spiro atoms. The summed E-state index contributed by atoms with van der Waals surface area (Å²) in [5.41, 5.74) is 2.58. The fourth-order valence-corrected chi connectivity index (χ4v) is 3.60. The number of aryl methyl sites for hydroxylation is 2. The van der Waals surface area contributed by atoms with Crippen molar-refractivity contribution >= 4 is 17.9 Å². The van der Waals surface area contributed by atoms with Crippen LogP contribution in [0.1, 0.15) is 49.7 Å². The van der Waals surface area contributed by atoms with E-state index in [0.717, 1.165) is 44.9 Å². The maximum absolute atomic E-state index is 11.8. The first-order valence-corrected chi connectivity index (χ1v) is 9.61. The number of carbonyl (C=O) groups is 3. The largest absolute Gasteiger partial charge is 0.482 e. The van der Waals surface area contributed by atoms with E-state index >= 15 is 0 Å². The molecule has 0 aromatic heterocycles. The lowest BCUT2D eigenvalue weighted by molar-refractivity contribution is -0.150. The fraction of sp³-hybridized carbons (Fsp3) is 0.550. The van der Waals surface area contributed by atoms with Gasteiger partial charge in [-0.15, -0.1) is 0 Å². The number of imide groups is 1. The smallest absolute Gasteiger partial charge is 0.344 e. The standard InChI is InChI=1S/C20H26N2O5/c23-18(22-20(25)21-16-7-2-1-3-8-16)12-27-19(24)13-26-17-10-9-14-5-4-6-15(14)11-17/h9-11,16H,1-8,12-13H2,(H2,21,22,23,25). The fourth-order valence-electron chi connectivity index (χ4n) is 3.60. The Morgan fingerprint density at radius 3 is 2.56 bits per heavy atom. The molecule has 7 heteroatoms. The van der Waals surface area contributed by atoms with Crippen molar-refractivity contribution in [2.45, 2.75) is 57.4 Å². The van der Waals surface area contributed by atoms with Crippen LogP contribution in [0.2, 0.25) is 0 Å². The summed E-state index contributed by atoms with van der Waals surface area (Å²) in [5.74, 6) is -0.698. The van der Waals surface area contributed by atoms with Crippen molar-refractivity contribution in [2.75, 3.05) is 13.2 Å². The van der Waals surface area contributed by atoms with Crippen LogP contribution < -0.4 is 15.4 Å². The molecule has 1 fully saturated rings. The number of esters is 1. The van der Waals surface area contributed by atoms with Crippen LogP contribution in [-0.4, -0.2) is 37.2 Å². The van der Waals surface area contributed by atoms with Gasteiger partial charge in [-0.05, 0) is 55.4 Å². The number of benzene rings is 1. The third kappa shape index (κ3) is 5.98. The molecule has 27 heavy (non-hydrogen) atoms. The molecule has 0 heterocycles. The van der Waals surface area contributed by atoms with Gasteiger partial charge in [-0.25, -0.2) is 9.59 Å². The highest BCUT2D eigenvalue weighted by atomic mass is 16.6. The predicted octanol–water partition coefficient (Wildman–Crippen LogP) is 2.26. The van der Waals surface area contributed by atoms with E-state index in [2.05, 4.69) is 10.6 Å². The van der Waals surface area contributed by atoms with E-state index in [1.54, 1.807) is 0 Å². The molecule has 0 atom stereocenters. The van der Waals surface area contributed by atoms with Gasteiger partial charge in [0.15, 0.2) is 13.2 Å². The molecule has 0 saturated heterocycles. The van der Waals surface area contributed by atoms with Gasteiger partial charge in [-0.2, -0.15) is 0 Å². The van der Waals surface area contributed by atoms with Crippen molar-refractivity contribution < 1.29 is 23.9 Å². The average molecular weight is 374 g/mol. The van der Waals surface area contributed by atoms with Crippen molar-refractivity contribution in [3.05, 3.63) is 29.3 Å². The summed E-state index contributed by atoms with van der Waals surface area (Å²) >= 11 is 0. The van der Waals surface area contributed by atoms with Crippen molar-refractivity contribution in [2.24, 2.45) is 0 Å². The molecule has 0 bridgehead atoms. The second kappa shape index (κ2) is 9.39. The zero-order valence-electron chi connectivity index (χ0n) is 15.4. The molecule has 2 aliphatic carbocycles. The number of hydrogen-bond acceptors (Lipinski definition) is 5. The SMILES string of the molecule is O=C(COC(=O)COc1ccc2c(c1)CCC2)NC(=O)NC1CCCCC1. The summed E-state index contributed by atoms with van der Waals surface area (Å²) in [6, 6.07) is 5.35. The Morgan fingerprint density at radius 2 is 1.74 bits per heavy atom. The van der Waals surface area contributed by atoms with Crippen molar-refractivity contribution in [1.29, 1.82) is 0 Å². The molecule has 0 unspecified atom stereocenters. The zero-order chi connectivity index (χ0) is 19.1. The van der Waals surface area contributed by atoms with Crippen LogP contribution in [0.4, 0.5) is 4.79 Å². The van der Waals surface area contributed by atoms with Crippen LogP contribution in [0.5, 0.6) is 5.75 Å². The second-order valence-electron chi connectivity index (χ2n) is 7.09. The first kappa shape index (κ1) is 19.2. The number of amides is 3. The molecular formula is C20H26N2O5. The Labute approximate surface area is 158 Å². The van der Waals surface area contributed by atoms with E-state index in [1.165, 1.54) is 17.5 Å². The minimum Gasteiger partial charge on any atom is -0.482 e. The molecular weight excluding hydrogens is 348 g/mol. The molecule has 2 N–H and O–H groups in total. The van der Waals surface area contributed by atoms with Crippen LogP contribution in [0.25, 0.3) is 0 Å². The van der Waals surface area contributed by atoms with Crippen LogP contribution in [-0.2, 0) is 27.2 Å².